The first kappa shape index (κ1) is 15.8. The maximum Gasteiger partial charge on any atom is 0.271 e. The van der Waals surface area contributed by atoms with Gasteiger partial charge in [0.2, 0.25) is 0 Å². The van der Waals surface area contributed by atoms with Crippen LogP contribution < -0.4 is 10.2 Å². The second-order valence-corrected chi connectivity index (χ2v) is 5.82. The number of nitrogens with zero attached hydrogens (tertiary/aromatic N) is 2. The van der Waals surface area contributed by atoms with Gasteiger partial charge in [-0.3, -0.25) is 10.1 Å². The number of unbranched alkanes of at least 4 members (excludes halogenated alkanes) is 1. The predicted molar refractivity (Wildman–Crippen MR) is 86.0 cm³/mol. The predicted octanol–water partition coefficient (Wildman–Crippen LogP) is 3.26. The quantitative estimate of drug-likeness (QED) is 0.619. The fourth-order valence-corrected chi connectivity index (χ4v) is 2.89. The van der Waals surface area contributed by atoms with Crippen LogP contribution >= 0.6 is 0 Å². The van der Waals surface area contributed by atoms with E-state index in [0.717, 1.165) is 43.7 Å². The van der Waals surface area contributed by atoms with Gasteiger partial charge in [-0.25, -0.2) is 0 Å². The van der Waals surface area contributed by atoms with Crippen LogP contribution in [0.25, 0.3) is 0 Å². The van der Waals surface area contributed by atoms with Crippen LogP contribution in [0.1, 0.15) is 38.2 Å². The standard InChI is InChI=1S/C16H25N3O2/c1-3-4-10-18(12-14-6-5-9-17-14)16-11-15(19(20)21)8-7-13(16)2/h7-8,11,14,17H,3-6,9-10,12H2,1-2H3. The number of hydrogen-bond acceptors (Lipinski definition) is 4. The Hall–Kier alpha value is -1.62. The van der Waals surface area contributed by atoms with Crippen molar-refractivity contribution in [1.29, 1.82) is 0 Å². The van der Waals surface area contributed by atoms with Crippen molar-refractivity contribution in [1.82, 2.24) is 5.32 Å². The topological polar surface area (TPSA) is 58.4 Å². The molecule has 21 heavy (non-hydrogen) atoms. The minimum absolute atomic E-state index is 0.177. The number of benzene rings is 1. The zero-order valence-electron chi connectivity index (χ0n) is 13.0. The fourth-order valence-electron chi connectivity index (χ4n) is 2.89. The summed E-state index contributed by atoms with van der Waals surface area (Å²) in [5.41, 5.74) is 2.29. The SMILES string of the molecule is CCCCN(CC1CCCN1)c1cc([N+](=O)[O-])ccc1C. The lowest BCUT2D eigenvalue weighted by atomic mass is 10.1. The first-order valence-corrected chi connectivity index (χ1v) is 7.85. The molecule has 0 aromatic heterocycles. The average molecular weight is 291 g/mol. The molecule has 1 heterocycles. The zero-order valence-corrected chi connectivity index (χ0v) is 13.0. The first-order chi connectivity index (χ1) is 10.1. The van der Waals surface area contributed by atoms with Gasteiger partial charge in [0.1, 0.15) is 0 Å². The van der Waals surface area contributed by atoms with Gasteiger partial charge >= 0.3 is 0 Å². The summed E-state index contributed by atoms with van der Waals surface area (Å²) in [6, 6.07) is 5.67. The maximum atomic E-state index is 11.0. The number of non-ortho nitro benzene ring substituents is 1. The molecule has 1 atom stereocenters. The average Bonchev–Trinajstić information content (AvgIpc) is 2.97. The normalized spacial score (nSPS) is 17.9. The number of nitro benzene ring substituents is 1. The lowest BCUT2D eigenvalue weighted by molar-refractivity contribution is -0.384. The van der Waals surface area contributed by atoms with E-state index in [1.165, 1.54) is 12.8 Å². The van der Waals surface area contributed by atoms with Crippen LogP contribution in [0, 0.1) is 17.0 Å². The number of rotatable bonds is 7. The highest BCUT2D eigenvalue weighted by Gasteiger charge is 2.20. The van der Waals surface area contributed by atoms with E-state index in [9.17, 15) is 10.1 Å². The summed E-state index contributed by atoms with van der Waals surface area (Å²) in [6.45, 7) is 7.17. The first-order valence-electron chi connectivity index (χ1n) is 7.85. The van der Waals surface area contributed by atoms with Crippen LogP contribution in [0.15, 0.2) is 18.2 Å². The molecule has 1 N–H and O–H groups in total. The molecule has 5 nitrogen and oxygen atoms in total. The van der Waals surface area contributed by atoms with Gasteiger partial charge in [0.15, 0.2) is 0 Å². The highest BCUT2D eigenvalue weighted by molar-refractivity contribution is 5.58. The van der Waals surface area contributed by atoms with E-state index in [4.69, 9.17) is 0 Å². The van der Waals surface area contributed by atoms with Crippen molar-refractivity contribution in [2.45, 2.75) is 45.6 Å². The lowest BCUT2D eigenvalue weighted by Gasteiger charge is -2.29. The number of aryl methyl sites for hydroxylation is 1. The summed E-state index contributed by atoms with van der Waals surface area (Å²) in [6.07, 6.45) is 4.65. The Bertz CT molecular complexity index is 484. The Kier molecular flexibility index (Phi) is 5.56. The molecule has 1 aromatic rings. The molecule has 1 aromatic carbocycles. The third kappa shape index (κ3) is 4.17. The highest BCUT2D eigenvalue weighted by atomic mass is 16.6. The molecule has 0 amide bonds. The largest absolute Gasteiger partial charge is 0.370 e. The van der Waals surface area contributed by atoms with Crippen molar-refractivity contribution in [2.24, 2.45) is 0 Å². The monoisotopic (exact) mass is 291 g/mol. The van der Waals surface area contributed by atoms with E-state index in [1.54, 1.807) is 12.1 Å². The summed E-state index contributed by atoms with van der Waals surface area (Å²) < 4.78 is 0. The molecular formula is C16H25N3O2. The van der Waals surface area contributed by atoms with Crippen LogP contribution in [0.2, 0.25) is 0 Å². The molecule has 5 heteroatoms. The summed E-state index contributed by atoms with van der Waals surface area (Å²) in [5, 5.41) is 14.5. The Balaban J connectivity index is 2.21. The molecule has 0 radical (unpaired) electrons. The molecule has 1 aliphatic rings. The molecule has 1 fully saturated rings. The number of hydrogen-bond donors (Lipinski definition) is 1. The van der Waals surface area contributed by atoms with Gasteiger partial charge < -0.3 is 10.2 Å². The van der Waals surface area contributed by atoms with E-state index < -0.39 is 0 Å². The van der Waals surface area contributed by atoms with Gasteiger partial charge in [0, 0.05) is 37.0 Å². The van der Waals surface area contributed by atoms with E-state index in [2.05, 4.69) is 17.1 Å². The molecule has 2 rings (SSSR count). The molecule has 1 aliphatic heterocycles. The summed E-state index contributed by atoms with van der Waals surface area (Å²) in [4.78, 5) is 13.0. The smallest absolute Gasteiger partial charge is 0.271 e. The molecule has 1 unspecified atom stereocenters. The second kappa shape index (κ2) is 7.41. The van der Waals surface area contributed by atoms with Crippen molar-refractivity contribution >= 4 is 11.4 Å². The molecule has 0 aliphatic carbocycles. The van der Waals surface area contributed by atoms with E-state index in [1.807, 2.05) is 13.0 Å². The van der Waals surface area contributed by atoms with Crippen molar-refractivity contribution in [3.05, 3.63) is 33.9 Å². The summed E-state index contributed by atoms with van der Waals surface area (Å²) in [5.74, 6) is 0. The molecule has 0 spiro atoms. The third-order valence-corrected chi connectivity index (χ3v) is 4.13. The van der Waals surface area contributed by atoms with Gasteiger partial charge in [-0.15, -0.1) is 0 Å². The minimum atomic E-state index is -0.311. The molecule has 0 saturated carbocycles. The Morgan fingerprint density at radius 1 is 1.48 bits per heavy atom. The van der Waals surface area contributed by atoms with Gasteiger partial charge in [-0.1, -0.05) is 19.4 Å². The van der Waals surface area contributed by atoms with E-state index >= 15 is 0 Å². The molecule has 116 valence electrons. The number of nitro groups is 1. The Morgan fingerprint density at radius 2 is 2.29 bits per heavy atom. The second-order valence-electron chi connectivity index (χ2n) is 5.82. The van der Waals surface area contributed by atoms with Crippen LogP contribution in [0.5, 0.6) is 0 Å². The van der Waals surface area contributed by atoms with Gasteiger partial charge in [0.25, 0.3) is 5.69 Å². The van der Waals surface area contributed by atoms with Gasteiger partial charge in [-0.2, -0.15) is 0 Å². The maximum absolute atomic E-state index is 11.0. The number of anilines is 1. The summed E-state index contributed by atoms with van der Waals surface area (Å²) in [7, 11) is 0. The van der Waals surface area contributed by atoms with Crippen LogP contribution in [0.3, 0.4) is 0 Å². The van der Waals surface area contributed by atoms with Gasteiger partial charge in [0.05, 0.1) is 4.92 Å². The highest BCUT2D eigenvalue weighted by Crippen LogP contribution is 2.27. The Morgan fingerprint density at radius 3 is 2.90 bits per heavy atom. The van der Waals surface area contributed by atoms with Gasteiger partial charge in [-0.05, 0) is 38.3 Å². The minimum Gasteiger partial charge on any atom is -0.370 e. The third-order valence-electron chi connectivity index (χ3n) is 4.13. The molecule has 1 saturated heterocycles. The number of nitrogens with one attached hydrogen (secondary N) is 1. The van der Waals surface area contributed by atoms with Crippen molar-refractivity contribution < 1.29 is 4.92 Å². The summed E-state index contributed by atoms with van der Waals surface area (Å²) >= 11 is 0. The van der Waals surface area contributed by atoms with Crippen LogP contribution in [-0.2, 0) is 0 Å². The van der Waals surface area contributed by atoms with Crippen molar-refractivity contribution in [2.75, 3.05) is 24.5 Å². The van der Waals surface area contributed by atoms with Crippen molar-refractivity contribution in [3.63, 3.8) is 0 Å². The van der Waals surface area contributed by atoms with Crippen LogP contribution in [0.4, 0.5) is 11.4 Å². The lowest BCUT2D eigenvalue weighted by Crippen LogP contribution is -2.38. The fraction of sp³-hybridized carbons (Fsp3) is 0.625. The molecule has 0 bridgehead atoms. The molecular weight excluding hydrogens is 266 g/mol. The Labute approximate surface area is 126 Å². The zero-order chi connectivity index (χ0) is 15.2. The van der Waals surface area contributed by atoms with E-state index in [-0.39, 0.29) is 10.6 Å². The van der Waals surface area contributed by atoms with E-state index in [0.29, 0.717) is 6.04 Å². The van der Waals surface area contributed by atoms with Crippen molar-refractivity contribution in [3.8, 4) is 0 Å². The van der Waals surface area contributed by atoms with Crippen LogP contribution in [-0.4, -0.2) is 30.6 Å².